The largest absolute Gasteiger partial charge is 0.499 e. The fourth-order valence-electron chi connectivity index (χ4n) is 3.26. The van der Waals surface area contributed by atoms with Crippen LogP contribution in [-0.4, -0.2) is 35.2 Å². The van der Waals surface area contributed by atoms with Gasteiger partial charge in [0.25, 0.3) is 5.91 Å². The summed E-state index contributed by atoms with van der Waals surface area (Å²) < 4.78 is 6.37. The van der Waals surface area contributed by atoms with E-state index in [0.29, 0.717) is 23.0 Å². The Morgan fingerprint density at radius 3 is 2.67 bits per heavy atom. The zero-order valence-electron chi connectivity index (χ0n) is 14.7. The molecule has 0 saturated heterocycles. The molecular weight excluding hydrogens is 370 g/mol. The molecule has 8 heteroatoms. The van der Waals surface area contributed by atoms with Crippen LogP contribution < -0.4 is 15.5 Å². The van der Waals surface area contributed by atoms with Crippen LogP contribution >= 0.6 is 11.3 Å². The molecule has 144 valence electrons. The van der Waals surface area contributed by atoms with Crippen molar-refractivity contribution in [1.29, 1.82) is 0 Å². The highest BCUT2D eigenvalue weighted by atomic mass is 32.1. The summed E-state index contributed by atoms with van der Waals surface area (Å²) in [5.74, 6) is -1.09. The van der Waals surface area contributed by atoms with Crippen molar-refractivity contribution >= 4 is 33.3 Å². The average Bonchev–Trinajstić information content (AvgIpc) is 2.66. The molecule has 1 aliphatic carbocycles. The molecule has 0 aliphatic heterocycles. The van der Waals surface area contributed by atoms with Crippen LogP contribution in [0.4, 0.5) is 0 Å². The molecule has 7 nitrogen and oxygen atoms in total. The first-order valence-electron chi connectivity index (χ1n) is 8.88. The lowest BCUT2D eigenvalue weighted by Gasteiger charge is -2.21. The summed E-state index contributed by atoms with van der Waals surface area (Å²) in [4.78, 5) is 35.4. The van der Waals surface area contributed by atoms with Crippen LogP contribution in [0.3, 0.4) is 0 Å². The maximum atomic E-state index is 12.7. The number of fused-ring (bicyclic) bond motifs is 1. The van der Waals surface area contributed by atoms with Gasteiger partial charge < -0.3 is 20.3 Å². The summed E-state index contributed by atoms with van der Waals surface area (Å²) in [5, 5.41) is 20.6. The van der Waals surface area contributed by atoms with E-state index in [4.69, 9.17) is 9.84 Å². The van der Waals surface area contributed by atoms with Gasteiger partial charge in [-0.25, -0.2) is 0 Å². The molecule has 3 rings (SSSR count). The van der Waals surface area contributed by atoms with Crippen LogP contribution in [0.25, 0.3) is 10.1 Å². The Labute approximate surface area is 159 Å². The van der Waals surface area contributed by atoms with Gasteiger partial charge in [-0.05, 0) is 37.0 Å². The molecular formula is C19H21NO6S. The topological polar surface area (TPSA) is 113 Å². The van der Waals surface area contributed by atoms with E-state index in [1.54, 1.807) is 18.2 Å². The van der Waals surface area contributed by atoms with Gasteiger partial charge in [-0.3, -0.25) is 14.4 Å². The third-order valence-corrected chi connectivity index (χ3v) is 5.65. The summed E-state index contributed by atoms with van der Waals surface area (Å²) in [7, 11) is 0. The standard InChI is InChI=1S/C19H21NO6S/c21-15(22)9-20-18(24)16-17(23)13-8-12(6-7-14(13)27-19(16)25)26-10-11-4-2-1-3-5-11/h6-8,11,25H,1-5,9-10H2,(H,20,24)(H,21,22). The average molecular weight is 391 g/mol. The fourth-order valence-corrected chi connectivity index (χ4v) is 4.16. The summed E-state index contributed by atoms with van der Waals surface area (Å²) >= 11 is 0.892. The number of hydrogen-bond acceptors (Lipinski definition) is 6. The molecule has 27 heavy (non-hydrogen) atoms. The number of nitrogens with one attached hydrogen (secondary N) is 1. The van der Waals surface area contributed by atoms with Crippen LogP contribution in [0, 0.1) is 5.92 Å². The van der Waals surface area contributed by atoms with Crippen molar-refractivity contribution in [3.05, 3.63) is 34.0 Å². The van der Waals surface area contributed by atoms with Gasteiger partial charge in [-0.1, -0.05) is 30.6 Å². The first-order valence-corrected chi connectivity index (χ1v) is 9.70. The number of amides is 1. The van der Waals surface area contributed by atoms with E-state index >= 15 is 0 Å². The number of carbonyl (C=O) groups excluding carboxylic acids is 1. The molecule has 3 N–H and O–H groups in total. The Balaban J connectivity index is 1.84. The summed E-state index contributed by atoms with van der Waals surface area (Å²) in [6, 6.07) is 4.99. The number of aromatic hydroxyl groups is 1. The second-order valence-electron chi connectivity index (χ2n) is 6.66. The number of carboxylic acid groups (broad SMARTS) is 1. The monoisotopic (exact) mass is 391 g/mol. The van der Waals surface area contributed by atoms with E-state index in [-0.39, 0.29) is 5.39 Å². The maximum Gasteiger partial charge on any atom is 0.322 e. The third-order valence-electron chi connectivity index (χ3n) is 4.68. The molecule has 0 spiro atoms. The van der Waals surface area contributed by atoms with Crippen molar-refractivity contribution < 1.29 is 24.5 Å². The summed E-state index contributed by atoms with van der Waals surface area (Å²) in [6.45, 7) is -0.0435. The van der Waals surface area contributed by atoms with Crippen molar-refractivity contribution in [1.82, 2.24) is 5.32 Å². The zero-order valence-corrected chi connectivity index (χ0v) is 15.5. The van der Waals surface area contributed by atoms with Crippen molar-refractivity contribution in [3.63, 3.8) is 0 Å². The van der Waals surface area contributed by atoms with Crippen LogP contribution in [0.2, 0.25) is 0 Å². The predicted molar refractivity (Wildman–Crippen MR) is 102 cm³/mol. The number of rotatable bonds is 6. The highest BCUT2D eigenvalue weighted by molar-refractivity contribution is 7.20. The fraction of sp³-hybridized carbons (Fsp3) is 0.421. The molecule has 1 aromatic heterocycles. The van der Waals surface area contributed by atoms with E-state index in [9.17, 15) is 19.5 Å². The summed E-state index contributed by atoms with van der Waals surface area (Å²) in [6.07, 6.45) is 5.98. The molecule has 1 aliphatic rings. The van der Waals surface area contributed by atoms with Gasteiger partial charge >= 0.3 is 5.97 Å². The maximum absolute atomic E-state index is 12.7. The number of carbonyl (C=O) groups is 2. The molecule has 1 aromatic carbocycles. The number of carboxylic acids is 1. The number of benzene rings is 1. The van der Waals surface area contributed by atoms with Gasteiger partial charge in [0.1, 0.15) is 17.9 Å². The van der Waals surface area contributed by atoms with E-state index in [1.165, 1.54) is 19.3 Å². The van der Waals surface area contributed by atoms with Crippen molar-refractivity contribution in [2.75, 3.05) is 13.2 Å². The van der Waals surface area contributed by atoms with Gasteiger partial charge in [0.2, 0.25) is 5.43 Å². The highest BCUT2D eigenvalue weighted by Crippen LogP contribution is 2.30. The smallest absolute Gasteiger partial charge is 0.322 e. The van der Waals surface area contributed by atoms with Gasteiger partial charge in [0, 0.05) is 10.1 Å². The Bertz CT molecular complexity index is 916. The van der Waals surface area contributed by atoms with Gasteiger partial charge in [0.15, 0.2) is 5.06 Å². The molecule has 1 amide bonds. The Hall–Kier alpha value is -2.61. The van der Waals surface area contributed by atoms with E-state index < -0.39 is 34.5 Å². The third kappa shape index (κ3) is 4.57. The van der Waals surface area contributed by atoms with E-state index in [0.717, 1.165) is 24.2 Å². The number of hydrogen-bond donors (Lipinski definition) is 3. The first kappa shape index (κ1) is 19.2. The zero-order chi connectivity index (χ0) is 19.4. The minimum absolute atomic E-state index is 0.263. The highest BCUT2D eigenvalue weighted by Gasteiger charge is 2.20. The Morgan fingerprint density at radius 1 is 1.22 bits per heavy atom. The number of aliphatic carboxylic acids is 1. The quantitative estimate of drug-likeness (QED) is 0.698. The summed E-state index contributed by atoms with van der Waals surface area (Å²) in [5.41, 5.74) is -1.09. The minimum atomic E-state index is -1.24. The second-order valence-corrected chi connectivity index (χ2v) is 7.69. The molecule has 0 radical (unpaired) electrons. The minimum Gasteiger partial charge on any atom is -0.499 e. The SMILES string of the molecule is O=C(O)CNC(=O)c1c(O)sc2ccc(OCC3CCCCC3)cc2c1=O. The second kappa shape index (κ2) is 8.39. The number of ether oxygens (including phenoxy) is 1. The molecule has 2 aromatic rings. The lowest BCUT2D eigenvalue weighted by molar-refractivity contribution is -0.135. The molecule has 1 fully saturated rings. The normalized spacial score (nSPS) is 14.8. The first-order chi connectivity index (χ1) is 13.0. The van der Waals surface area contributed by atoms with Crippen molar-refractivity contribution in [3.8, 4) is 10.8 Å². The van der Waals surface area contributed by atoms with Gasteiger partial charge in [0.05, 0.1) is 6.61 Å². The van der Waals surface area contributed by atoms with Gasteiger partial charge in [-0.2, -0.15) is 0 Å². The molecule has 0 atom stereocenters. The van der Waals surface area contributed by atoms with Crippen molar-refractivity contribution in [2.45, 2.75) is 32.1 Å². The lowest BCUT2D eigenvalue weighted by Crippen LogP contribution is -2.32. The molecule has 1 saturated carbocycles. The van der Waals surface area contributed by atoms with Crippen LogP contribution in [0.5, 0.6) is 10.8 Å². The predicted octanol–water partition coefficient (Wildman–Crippen LogP) is 2.74. The van der Waals surface area contributed by atoms with E-state index in [1.807, 2.05) is 0 Å². The lowest BCUT2D eigenvalue weighted by atomic mass is 9.90. The Morgan fingerprint density at radius 2 is 1.96 bits per heavy atom. The van der Waals surface area contributed by atoms with Crippen LogP contribution in [0.1, 0.15) is 42.5 Å². The van der Waals surface area contributed by atoms with Crippen LogP contribution in [-0.2, 0) is 4.79 Å². The van der Waals surface area contributed by atoms with Gasteiger partial charge in [-0.15, -0.1) is 0 Å². The van der Waals surface area contributed by atoms with Crippen LogP contribution in [0.15, 0.2) is 23.0 Å². The molecule has 0 bridgehead atoms. The van der Waals surface area contributed by atoms with E-state index in [2.05, 4.69) is 5.32 Å². The molecule has 1 heterocycles. The molecule has 0 unspecified atom stereocenters. The Kier molecular flexibility index (Phi) is 5.95. The van der Waals surface area contributed by atoms with Crippen molar-refractivity contribution in [2.24, 2.45) is 5.92 Å².